The van der Waals surface area contributed by atoms with E-state index in [0.29, 0.717) is 30.1 Å². The Balaban J connectivity index is 1.87. The standard InChI is InChI=1S/C19H24N2O4/c1-13-18(14(2)25-20-13)19(22)21(12-16-8-6-10-24-16)11-15-7-4-5-9-17(15)23-3/h4-5,7,9,16H,6,8,10-12H2,1-3H3. The van der Waals surface area contributed by atoms with E-state index in [1.54, 1.807) is 25.9 Å². The molecule has 2 heterocycles. The number of carbonyl (C=O) groups excluding carboxylic acids is 1. The molecule has 0 spiro atoms. The summed E-state index contributed by atoms with van der Waals surface area (Å²) in [6.07, 6.45) is 2.07. The predicted octanol–water partition coefficient (Wildman–Crippen LogP) is 3.12. The second kappa shape index (κ2) is 7.70. The number of hydrogen-bond donors (Lipinski definition) is 0. The molecule has 1 fully saturated rings. The van der Waals surface area contributed by atoms with E-state index in [1.807, 2.05) is 24.3 Å². The zero-order valence-electron chi connectivity index (χ0n) is 14.9. The lowest BCUT2D eigenvalue weighted by atomic mass is 10.1. The zero-order valence-corrected chi connectivity index (χ0v) is 14.9. The summed E-state index contributed by atoms with van der Waals surface area (Å²) in [5, 5.41) is 3.91. The summed E-state index contributed by atoms with van der Waals surface area (Å²) in [4.78, 5) is 15.0. The van der Waals surface area contributed by atoms with Crippen molar-refractivity contribution in [2.45, 2.75) is 39.3 Å². The van der Waals surface area contributed by atoms with E-state index in [1.165, 1.54) is 0 Å². The first-order valence-electron chi connectivity index (χ1n) is 8.55. The number of hydrogen-bond acceptors (Lipinski definition) is 5. The molecule has 1 saturated heterocycles. The Kier molecular flexibility index (Phi) is 5.38. The molecule has 3 rings (SSSR count). The third-order valence-electron chi connectivity index (χ3n) is 4.54. The van der Waals surface area contributed by atoms with E-state index in [-0.39, 0.29) is 12.0 Å². The van der Waals surface area contributed by atoms with Crippen molar-refractivity contribution in [1.82, 2.24) is 10.1 Å². The van der Waals surface area contributed by atoms with E-state index >= 15 is 0 Å². The molecule has 6 nitrogen and oxygen atoms in total. The van der Waals surface area contributed by atoms with Gasteiger partial charge in [-0.2, -0.15) is 0 Å². The fraction of sp³-hybridized carbons (Fsp3) is 0.474. The molecule has 1 aliphatic rings. The van der Waals surface area contributed by atoms with Crippen molar-refractivity contribution in [3.05, 3.63) is 46.8 Å². The molecule has 25 heavy (non-hydrogen) atoms. The predicted molar refractivity (Wildman–Crippen MR) is 92.7 cm³/mol. The summed E-state index contributed by atoms with van der Waals surface area (Å²) in [7, 11) is 1.64. The van der Waals surface area contributed by atoms with Gasteiger partial charge in [-0.3, -0.25) is 4.79 Å². The number of rotatable bonds is 6. The molecular weight excluding hydrogens is 320 g/mol. The van der Waals surface area contributed by atoms with E-state index in [2.05, 4.69) is 5.16 Å². The molecule has 2 aromatic rings. The highest BCUT2D eigenvalue weighted by atomic mass is 16.5. The highest BCUT2D eigenvalue weighted by molar-refractivity contribution is 5.96. The van der Waals surface area contributed by atoms with Crippen LogP contribution in [0.4, 0.5) is 0 Å². The van der Waals surface area contributed by atoms with Crippen molar-refractivity contribution in [3.63, 3.8) is 0 Å². The first kappa shape index (κ1) is 17.5. The maximum Gasteiger partial charge on any atom is 0.259 e. The molecule has 1 amide bonds. The quantitative estimate of drug-likeness (QED) is 0.805. The van der Waals surface area contributed by atoms with Crippen LogP contribution >= 0.6 is 0 Å². The number of para-hydroxylation sites is 1. The molecule has 0 N–H and O–H groups in total. The lowest BCUT2D eigenvalue weighted by molar-refractivity contribution is 0.0504. The Bertz CT molecular complexity index is 715. The normalized spacial score (nSPS) is 16.8. The Hall–Kier alpha value is -2.34. The number of ether oxygens (including phenoxy) is 2. The number of carbonyl (C=O) groups is 1. The molecule has 1 aromatic carbocycles. The van der Waals surface area contributed by atoms with Gasteiger partial charge in [-0.25, -0.2) is 0 Å². The van der Waals surface area contributed by atoms with E-state index in [0.717, 1.165) is 30.8 Å². The number of amides is 1. The summed E-state index contributed by atoms with van der Waals surface area (Å²) in [5.41, 5.74) is 2.11. The second-order valence-corrected chi connectivity index (χ2v) is 6.33. The summed E-state index contributed by atoms with van der Waals surface area (Å²) in [6, 6.07) is 7.74. The smallest absolute Gasteiger partial charge is 0.259 e. The highest BCUT2D eigenvalue weighted by Gasteiger charge is 2.28. The van der Waals surface area contributed by atoms with Crippen LogP contribution in [0.1, 0.15) is 40.2 Å². The van der Waals surface area contributed by atoms with Gasteiger partial charge in [-0.05, 0) is 32.8 Å². The molecule has 1 aromatic heterocycles. The van der Waals surface area contributed by atoms with Gasteiger partial charge in [0.05, 0.1) is 18.9 Å². The zero-order chi connectivity index (χ0) is 17.8. The van der Waals surface area contributed by atoms with Crippen LogP contribution in [-0.4, -0.2) is 42.3 Å². The van der Waals surface area contributed by atoms with Crippen LogP contribution in [0, 0.1) is 13.8 Å². The number of methoxy groups -OCH3 is 1. The van der Waals surface area contributed by atoms with Gasteiger partial charge in [-0.15, -0.1) is 0 Å². The Morgan fingerprint density at radius 2 is 2.16 bits per heavy atom. The fourth-order valence-corrected chi connectivity index (χ4v) is 3.24. The van der Waals surface area contributed by atoms with Gasteiger partial charge in [-0.1, -0.05) is 23.4 Å². The van der Waals surface area contributed by atoms with Crippen molar-refractivity contribution in [2.75, 3.05) is 20.3 Å². The van der Waals surface area contributed by atoms with Crippen LogP contribution in [-0.2, 0) is 11.3 Å². The summed E-state index contributed by atoms with van der Waals surface area (Å²) < 4.78 is 16.4. The molecule has 134 valence electrons. The van der Waals surface area contributed by atoms with Crippen molar-refractivity contribution in [2.24, 2.45) is 0 Å². The number of aromatic nitrogens is 1. The van der Waals surface area contributed by atoms with Crippen LogP contribution in [0.15, 0.2) is 28.8 Å². The average Bonchev–Trinajstić information content (AvgIpc) is 3.24. The molecule has 0 bridgehead atoms. The van der Waals surface area contributed by atoms with Crippen molar-refractivity contribution >= 4 is 5.91 Å². The van der Waals surface area contributed by atoms with Gasteiger partial charge in [0.2, 0.25) is 0 Å². The van der Waals surface area contributed by atoms with E-state index in [9.17, 15) is 4.79 Å². The summed E-state index contributed by atoms with van der Waals surface area (Å²) in [5.74, 6) is 1.23. The molecule has 0 radical (unpaired) electrons. The van der Waals surface area contributed by atoms with Gasteiger partial charge in [0.15, 0.2) is 0 Å². The minimum atomic E-state index is -0.0855. The lowest BCUT2D eigenvalue weighted by Gasteiger charge is -2.26. The number of nitrogens with zero attached hydrogens (tertiary/aromatic N) is 2. The van der Waals surface area contributed by atoms with E-state index in [4.69, 9.17) is 14.0 Å². The molecule has 1 aliphatic heterocycles. The van der Waals surface area contributed by atoms with Gasteiger partial charge >= 0.3 is 0 Å². The highest BCUT2D eigenvalue weighted by Crippen LogP contribution is 2.24. The number of aryl methyl sites for hydroxylation is 2. The van der Waals surface area contributed by atoms with Crippen molar-refractivity contribution in [3.8, 4) is 5.75 Å². The molecule has 1 unspecified atom stereocenters. The van der Waals surface area contributed by atoms with Crippen LogP contribution in [0.2, 0.25) is 0 Å². The van der Waals surface area contributed by atoms with E-state index < -0.39 is 0 Å². The summed E-state index contributed by atoms with van der Waals surface area (Å²) in [6.45, 7) is 5.30. The fourth-order valence-electron chi connectivity index (χ4n) is 3.24. The topological polar surface area (TPSA) is 64.8 Å². The molecule has 6 heteroatoms. The Labute approximate surface area is 147 Å². The maximum atomic E-state index is 13.2. The van der Waals surface area contributed by atoms with Gasteiger partial charge < -0.3 is 18.9 Å². The van der Waals surface area contributed by atoms with Crippen LogP contribution in [0.25, 0.3) is 0 Å². The largest absolute Gasteiger partial charge is 0.496 e. The Morgan fingerprint density at radius 3 is 2.80 bits per heavy atom. The van der Waals surface area contributed by atoms with Gasteiger partial charge in [0.1, 0.15) is 17.1 Å². The first-order chi connectivity index (χ1) is 12.1. The van der Waals surface area contributed by atoms with Gasteiger partial charge in [0.25, 0.3) is 5.91 Å². The Morgan fingerprint density at radius 1 is 1.36 bits per heavy atom. The van der Waals surface area contributed by atoms with Gasteiger partial charge in [0, 0.05) is 25.3 Å². The van der Waals surface area contributed by atoms with Crippen molar-refractivity contribution < 1.29 is 18.8 Å². The minimum Gasteiger partial charge on any atom is -0.496 e. The van der Waals surface area contributed by atoms with Crippen LogP contribution < -0.4 is 4.74 Å². The first-order valence-corrected chi connectivity index (χ1v) is 8.55. The lowest BCUT2D eigenvalue weighted by Crippen LogP contribution is -2.37. The summed E-state index contributed by atoms with van der Waals surface area (Å²) >= 11 is 0. The average molecular weight is 344 g/mol. The molecule has 0 saturated carbocycles. The SMILES string of the molecule is COc1ccccc1CN(CC1CCCO1)C(=O)c1c(C)noc1C. The third kappa shape index (κ3) is 3.85. The van der Waals surface area contributed by atoms with Crippen LogP contribution in [0.5, 0.6) is 5.75 Å². The molecule has 1 atom stereocenters. The monoisotopic (exact) mass is 344 g/mol. The van der Waals surface area contributed by atoms with Crippen LogP contribution in [0.3, 0.4) is 0 Å². The number of benzene rings is 1. The maximum absolute atomic E-state index is 13.2. The molecular formula is C19H24N2O4. The van der Waals surface area contributed by atoms with Crippen molar-refractivity contribution in [1.29, 1.82) is 0 Å². The third-order valence-corrected chi connectivity index (χ3v) is 4.54. The second-order valence-electron chi connectivity index (χ2n) is 6.33. The molecule has 0 aliphatic carbocycles. The minimum absolute atomic E-state index is 0.0686.